The Balaban J connectivity index is 2.35. The van der Waals surface area contributed by atoms with Crippen LogP contribution in [0.5, 0.6) is 5.75 Å². The van der Waals surface area contributed by atoms with Gasteiger partial charge in [-0.05, 0) is 18.9 Å². The monoisotopic (exact) mass is 264 g/mol. The van der Waals surface area contributed by atoms with E-state index < -0.39 is 0 Å². The summed E-state index contributed by atoms with van der Waals surface area (Å²) >= 11 is 0. The predicted molar refractivity (Wildman–Crippen MR) is 80.8 cm³/mol. The van der Waals surface area contributed by atoms with Crippen LogP contribution in [0.25, 0.3) is 0 Å². The van der Waals surface area contributed by atoms with Crippen molar-refractivity contribution in [2.45, 2.75) is 19.8 Å². The Morgan fingerprint density at radius 2 is 2.11 bits per heavy atom. The molecule has 19 heavy (non-hydrogen) atoms. The van der Waals surface area contributed by atoms with Gasteiger partial charge in [0, 0.05) is 30.1 Å². The van der Waals surface area contributed by atoms with Crippen LogP contribution in [0.1, 0.15) is 19.8 Å². The molecule has 0 saturated carbocycles. The van der Waals surface area contributed by atoms with Crippen molar-refractivity contribution in [2.75, 3.05) is 37.4 Å². The van der Waals surface area contributed by atoms with Crippen molar-refractivity contribution >= 4 is 11.4 Å². The van der Waals surface area contributed by atoms with Crippen LogP contribution < -0.4 is 15.8 Å². The van der Waals surface area contributed by atoms with Crippen molar-refractivity contribution in [1.29, 1.82) is 0 Å². The van der Waals surface area contributed by atoms with Gasteiger partial charge >= 0.3 is 0 Å². The second-order valence-electron chi connectivity index (χ2n) is 4.26. The number of nitrogen functional groups attached to an aromatic ring is 1. The maximum Gasteiger partial charge on any atom is 0.123 e. The van der Waals surface area contributed by atoms with Crippen molar-refractivity contribution in [3.05, 3.63) is 30.9 Å². The third kappa shape index (κ3) is 6.72. The maximum absolute atomic E-state index is 5.84. The van der Waals surface area contributed by atoms with Gasteiger partial charge in [0.25, 0.3) is 0 Å². The van der Waals surface area contributed by atoms with Crippen molar-refractivity contribution in [3.63, 3.8) is 0 Å². The molecular formula is C15H24N2O2. The molecule has 0 radical (unpaired) electrons. The molecule has 0 saturated heterocycles. The molecule has 0 bridgehead atoms. The Bertz CT molecular complexity index is 380. The minimum absolute atomic E-state index is 0.661. The first-order chi connectivity index (χ1) is 9.26. The quantitative estimate of drug-likeness (QED) is 0.387. The molecule has 106 valence electrons. The molecule has 0 amide bonds. The number of hydrogen-bond donors (Lipinski definition) is 2. The van der Waals surface area contributed by atoms with E-state index in [2.05, 4.69) is 18.8 Å². The Kier molecular flexibility index (Phi) is 7.51. The summed E-state index contributed by atoms with van der Waals surface area (Å²) in [7, 11) is 0. The summed E-state index contributed by atoms with van der Waals surface area (Å²) in [6.45, 7) is 8.54. The molecule has 0 aliphatic rings. The van der Waals surface area contributed by atoms with E-state index in [0.29, 0.717) is 25.5 Å². The SMILES string of the molecule is C=CCCOCCNc1cc(N)cc(OCCC)c1. The molecule has 1 aromatic rings. The van der Waals surface area contributed by atoms with Gasteiger partial charge in [0.05, 0.1) is 19.8 Å². The smallest absolute Gasteiger partial charge is 0.123 e. The van der Waals surface area contributed by atoms with Gasteiger partial charge in [0.2, 0.25) is 0 Å². The molecule has 0 heterocycles. The second kappa shape index (κ2) is 9.28. The molecular weight excluding hydrogens is 240 g/mol. The molecule has 0 aliphatic heterocycles. The van der Waals surface area contributed by atoms with Crippen LogP contribution in [0.15, 0.2) is 30.9 Å². The summed E-state index contributed by atoms with van der Waals surface area (Å²) in [5, 5.41) is 3.27. The van der Waals surface area contributed by atoms with Crippen molar-refractivity contribution in [1.82, 2.24) is 0 Å². The lowest BCUT2D eigenvalue weighted by Gasteiger charge is -2.11. The van der Waals surface area contributed by atoms with Gasteiger partial charge in [0.15, 0.2) is 0 Å². The van der Waals surface area contributed by atoms with Gasteiger partial charge in [-0.15, -0.1) is 6.58 Å². The summed E-state index contributed by atoms with van der Waals surface area (Å²) < 4.78 is 11.0. The average molecular weight is 264 g/mol. The first kappa shape index (κ1) is 15.4. The zero-order valence-electron chi connectivity index (χ0n) is 11.7. The summed E-state index contributed by atoms with van der Waals surface area (Å²) in [5.41, 5.74) is 7.49. The van der Waals surface area contributed by atoms with E-state index in [9.17, 15) is 0 Å². The normalized spacial score (nSPS) is 10.2. The van der Waals surface area contributed by atoms with Crippen LogP contribution >= 0.6 is 0 Å². The summed E-state index contributed by atoms with van der Waals surface area (Å²) in [5.74, 6) is 0.803. The van der Waals surface area contributed by atoms with Gasteiger partial charge in [-0.3, -0.25) is 0 Å². The van der Waals surface area contributed by atoms with E-state index in [0.717, 1.165) is 30.8 Å². The van der Waals surface area contributed by atoms with Crippen LogP contribution in [0.2, 0.25) is 0 Å². The van der Waals surface area contributed by atoms with E-state index in [4.69, 9.17) is 15.2 Å². The highest BCUT2D eigenvalue weighted by atomic mass is 16.5. The largest absolute Gasteiger partial charge is 0.493 e. The number of benzene rings is 1. The number of ether oxygens (including phenoxy) is 2. The summed E-state index contributed by atoms with van der Waals surface area (Å²) in [6, 6.07) is 5.68. The Hall–Kier alpha value is -1.68. The average Bonchev–Trinajstić information content (AvgIpc) is 2.40. The molecule has 1 rings (SSSR count). The molecule has 4 heteroatoms. The molecule has 0 fully saturated rings. The third-order valence-corrected chi connectivity index (χ3v) is 2.44. The highest BCUT2D eigenvalue weighted by molar-refractivity contribution is 5.59. The first-order valence-corrected chi connectivity index (χ1v) is 6.72. The predicted octanol–water partition coefficient (Wildman–Crippen LogP) is 3.06. The fraction of sp³-hybridized carbons (Fsp3) is 0.467. The number of nitrogens with one attached hydrogen (secondary N) is 1. The third-order valence-electron chi connectivity index (χ3n) is 2.44. The van der Waals surface area contributed by atoms with Crippen molar-refractivity contribution < 1.29 is 9.47 Å². The molecule has 0 aliphatic carbocycles. The zero-order chi connectivity index (χ0) is 13.9. The molecule has 0 unspecified atom stereocenters. The summed E-state index contributed by atoms with van der Waals surface area (Å²) in [6.07, 6.45) is 3.71. The fourth-order valence-electron chi connectivity index (χ4n) is 1.56. The minimum atomic E-state index is 0.661. The Morgan fingerprint density at radius 1 is 1.26 bits per heavy atom. The number of hydrogen-bond acceptors (Lipinski definition) is 4. The minimum Gasteiger partial charge on any atom is -0.493 e. The van der Waals surface area contributed by atoms with E-state index in [-0.39, 0.29) is 0 Å². The first-order valence-electron chi connectivity index (χ1n) is 6.72. The van der Waals surface area contributed by atoms with E-state index >= 15 is 0 Å². The van der Waals surface area contributed by atoms with Gasteiger partial charge in [-0.25, -0.2) is 0 Å². The lowest BCUT2D eigenvalue weighted by molar-refractivity contribution is 0.149. The number of rotatable bonds is 10. The maximum atomic E-state index is 5.84. The van der Waals surface area contributed by atoms with Crippen LogP contribution in [0.3, 0.4) is 0 Å². The van der Waals surface area contributed by atoms with Gasteiger partial charge in [-0.2, -0.15) is 0 Å². The summed E-state index contributed by atoms with van der Waals surface area (Å²) in [4.78, 5) is 0. The Labute approximate surface area is 115 Å². The van der Waals surface area contributed by atoms with Crippen molar-refractivity contribution in [2.24, 2.45) is 0 Å². The molecule has 1 aromatic carbocycles. The molecule has 0 atom stereocenters. The highest BCUT2D eigenvalue weighted by Crippen LogP contribution is 2.22. The molecule has 4 nitrogen and oxygen atoms in total. The lowest BCUT2D eigenvalue weighted by atomic mass is 10.2. The van der Waals surface area contributed by atoms with E-state index in [1.807, 2.05) is 24.3 Å². The topological polar surface area (TPSA) is 56.5 Å². The van der Waals surface area contributed by atoms with Crippen molar-refractivity contribution in [3.8, 4) is 5.75 Å². The number of nitrogens with two attached hydrogens (primary N) is 1. The zero-order valence-corrected chi connectivity index (χ0v) is 11.7. The second-order valence-corrected chi connectivity index (χ2v) is 4.26. The molecule has 3 N–H and O–H groups in total. The lowest BCUT2D eigenvalue weighted by Crippen LogP contribution is -2.10. The van der Waals surface area contributed by atoms with Gasteiger partial charge in [0.1, 0.15) is 5.75 Å². The van der Waals surface area contributed by atoms with Crippen LogP contribution in [0.4, 0.5) is 11.4 Å². The van der Waals surface area contributed by atoms with E-state index in [1.54, 1.807) is 0 Å². The van der Waals surface area contributed by atoms with Gasteiger partial charge in [-0.1, -0.05) is 13.0 Å². The van der Waals surface area contributed by atoms with Gasteiger partial charge < -0.3 is 20.5 Å². The fourth-order valence-corrected chi connectivity index (χ4v) is 1.56. The Morgan fingerprint density at radius 3 is 2.84 bits per heavy atom. The van der Waals surface area contributed by atoms with Crippen LogP contribution in [-0.2, 0) is 4.74 Å². The highest BCUT2D eigenvalue weighted by Gasteiger charge is 1.99. The molecule has 0 aromatic heterocycles. The number of anilines is 2. The molecule has 0 spiro atoms. The van der Waals surface area contributed by atoms with Crippen LogP contribution in [-0.4, -0.2) is 26.4 Å². The van der Waals surface area contributed by atoms with Crippen LogP contribution in [0, 0.1) is 0 Å². The van der Waals surface area contributed by atoms with E-state index in [1.165, 1.54) is 0 Å². The standard InChI is InChI=1S/C15H24N2O2/c1-3-5-8-18-9-6-17-14-10-13(16)11-15(12-14)19-7-4-2/h3,10-12,17H,1,4-9,16H2,2H3.